The average molecular weight is 235 g/mol. The fraction of sp³-hybridized carbons (Fsp3) is 0.667. The summed E-state index contributed by atoms with van der Waals surface area (Å²) >= 11 is 0. The van der Waals surface area contributed by atoms with Crippen molar-refractivity contribution in [2.45, 2.75) is 26.4 Å². The number of rotatable bonds is 3. The van der Waals surface area contributed by atoms with E-state index in [4.69, 9.17) is 5.73 Å². The standard InChI is InChI=1S/C12H21N5/c1-10(2)16-3-5-17(6-4-16)12-14-8-11(7-13)9-15-12/h8-10H,3-7,13H2,1-2H3. The topological polar surface area (TPSA) is 58.3 Å². The summed E-state index contributed by atoms with van der Waals surface area (Å²) in [6, 6.07) is 0.623. The maximum atomic E-state index is 5.53. The highest BCUT2D eigenvalue weighted by Crippen LogP contribution is 2.12. The van der Waals surface area contributed by atoms with E-state index in [1.807, 2.05) is 12.4 Å². The van der Waals surface area contributed by atoms with Gasteiger partial charge < -0.3 is 10.6 Å². The number of hydrogen-bond donors (Lipinski definition) is 1. The first-order valence-corrected chi connectivity index (χ1v) is 6.20. The molecule has 0 aromatic carbocycles. The van der Waals surface area contributed by atoms with E-state index in [9.17, 15) is 0 Å². The second-order valence-electron chi connectivity index (χ2n) is 4.71. The van der Waals surface area contributed by atoms with Crippen LogP contribution in [0.15, 0.2) is 12.4 Å². The third-order valence-electron chi connectivity index (χ3n) is 3.25. The van der Waals surface area contributed by atoms with Crippen molar-refractivity contribution in [3.63, 3.8) is 0 Å². The van der Waals surface area contributed by atoms with Gasteiger partial charge in [0.15, 0.2) is 0 Å². The Bertz CT molecular complexity index is 340. The van der Waals surface area contributed by atoms with Crippen LogP contribution in [-0.4, -0.2) is 47.1 Å². The molecule has 0 saturated carbocycles. The zero-order chi connectivity index (χ0) is 12.3. The lowest BCUT2D eigenvalue weighted by atomic mass is 10.2. The largest absolute Gasteiger partial charge is 0.338 e. The summed E-state index contributed by atoms with van der Waals surface area (Å²) in [5.74, 6) is 0.825. The molecule has 17 heavy (non-hydrogen) atoms. The van der Waals surface area contributed by atoms with Gasteiger partial charge in [-0.3, -0.25) is 4.90 Å². The second-order valence-corrected chi connectivity index (χ2v) is 4.71. The molecule has 2 heterocycles. The maximum Gasteiger partial charge on any atom is 0.225 e. The molecule has 94 valence electrons. The summed E-state index contributed by atoms with van der Waals surface area (Å²) in [6.07, 6.45) is 3.63. The van der Waals surface area contributed by atoms with E-state index in [0.29, 0.717) is 12.6 Å². The zero-order valence-corrected chi connectivity index (χ0v) is 10.6. The van der Waals surface area contributed by atoms with Crippen LogP contribution >= 0.6 is 0 Å². The van der Waals surface area contributed by atoms with Gasteiger partial charge in [-0.15, -0.1) is 0 Å². The first-order chi connectivity index (χ1) is 8.20. The molecule has 0 amide bonds. The van der Waals surface area contributed by atoms with Crippen LogP contribution in [0.4, 0.5) is 5.95 Å². The van der Waals surface area contributed by atoms with Crippen LogP contribution in [-0.2, 0) is 6.54 Å². The Labute approximate surface area is 103 Å². The van der Waals surface area contributed by atoms with Crippen LogP contribution in [0.1, 0.15) is 19.4 Å². The van der Waals surface area contributed by atoms with Crippen LogP contribution in [0, 0.1) is 0 Å². The highest BCUT2D eigenvalue weighted by molar-refractivity contribution is 5.30. The van der Waals surface area contributed by atoms with E-state index in [0.717, 1.165) is 37.7 Å². The molecule has 0 radical (unpaired) electrons. The third kappa shape index (κ3) is 2.92. The highest BCUT2D eigenvalue weighted by Gasteiger charge is 2.20. The molecule has 2 N–H and O–H groups in total. The molecule has 0 unspecified atom stereocenters. The second kappa shape index (κ2) is 5.42. The van der Waals surface area contributed by atoms with Crippen LogP contribution in [0.2, 0.25) is 0 Å². The van der Waals surface area contributed by atoms with Crippen molar-refractivity contribution in [3.05, 3.63) is 18.0 Å². The molecule has 1 aromatic rings. The van der Waals surface area contributed by atoms with Crippen LogP contribution < -0.4 is 10.6 Å². The fourth-order valence-corrected chi connectivity index (χ4v) is 2.05. The van der Waals surface area contributed by atoms with Gasteiger partial charge in [0, 0.05) is 56.7 Å². The van der Waals surface area contributed by atoms with Gasteiger partial charge in [-0.1, -0.05) is 0 Å². The summed E-state index contributed by atoms with van der Waals surface area (Å²) in [6.45, 7) is 9.14. The summed E-state index contributed by atoms with van der Waals surface area (Å²) < 4.78 is 0. The first kappa shape index (κ1) is 12.3. The molecule has 1 aliphatic heterocycles. The van der Waals surface area contributed by atoms with Crippen molar-refractivity contribution in [1.82, 2.24) is 14.9 Å². The molecule has 5 heteroatoms. The molecule has 5 nitrogen and oxygen atoms in total. The van der Waals surface area contributed by atoms with Crippen LogP contribution in [0.3, 0.4) is 0 Å². The van der Waals surface area contributed by atoms with E-state index in [1.165, 1.54) is 0 Å². The Hall–Kier alpha value is -1.20. The van der Waals surface area contributed by atoms with Gasteiger partial charge in [0.05, 0.1) is 0 Å². The molecular weight excluding hydrogens is 214 g/mol. The normalized spacial score (nSPS) is 17.8. The Kier molecular flexibility index (Phi) is 3.91. The molecule has 1 aromatic heterocycles. The lowest BCUT2D eigenvalue weighted by Crippen LogP contribution is -2.49. The Morgan fingerprint density at radius 3 is 2.24 bits per heavy atom. The van der Waals surface area contributed by atoms with Crippen molar-refractivity contribution in [1.29, 1.82) is 0 Å². The van der Waals surface area contributed by atoms with Gasteiger partial charge >= 0.3 is 0 Å². The van der Waals surface area contributed by atoms with Crippen molar-refractivity contribution >= 4 is 5.95 Å². The van der Waals surface area contributed by atoms with Gasteiger partial charge in [0.2, 0.25) is 5.95 Å². The predicted molar refractivity (Wildman–Crippen MR) is 68.8 cm³/mol. The van der Waals surface area contributed by atoms with Gasteiger partial charge in [-0.2, -0.15) is 0 Å². The highest BCUT2D eigenvalue weighted by atomic mass is 15.3. The molecule has 0 spiro atoms. The molecular formula is C12H21N5. The van der Waals surface area contributed by atoms with E-state index in [1.54, 1.807) is 0 Å². The quantitative estimate of drug-likeness (QED) is 0.825. The molecule has 0 atom stereocenters. The minimum absolute atomic E-state index is 0.501. The Morgan fingerprint density at radius 1 is 1.18 bits per heavy atom. The van der Waals surface area contributed by atoms with Gasteiger partial charge in [-0.25, -0.2) is 9.97 Å². The van der Waals surface area contributed by atoms with Crippen LogP contribution in [0.5, 0.6) is 0 Å². The first-order valence-electron chi connectivity index (χ1n) is 6.20. The molecule has 0 aliphatic carbocycles. The maximum absolute atomic E-state index is 5.53. The lowest BCUT2D eigenvalue weighted by molar-refractivity contribution is 0.208. The lowest BCUT2D eigenvalue weighted by Gasteiger charge is -2.36. The molecule has 1 saturated heterocycles. The van der Waals surface area contributed by atoms with E-state index in [-0.39, 0.29) is 0 Å². The molecule has 1 aliphatic rings. The number of aromatic nitrogens is 2. The van der Waals surface area contributed by atoms with Crippen molar-refractivity contribution in [2.75, 3.05) is 31.1 Å². The SMILES string of the molecule is CC(C)N1CCN(c2ncc(CN)cn2)CC1. The van der Waals surface area contributed by atoms with Crippen molar-refractivity contribution < 1.29 is 0 Å². The third-order valence-corrected chi connectivity index (χ3v) is 3.25. The smallest absolute Gasteiger partial charge is 0.225 e. The number of nitrogens with zero attached hydrogens (tertiary/aromatic N) is 4. The number of anilines is 1. The summed E-state index contributed by atoms with van der Waals surface area (Å²) in [5.41, 5.74) is 6.51. The summed E-state index contributed by atoms with van der Waals surface area (Å²) in [7, 11) is 0. The van der Waals surface area contributed by atoms with Gasteiger partial charge in [-0.05, 0) is 13.8 Å². The predicted octanol–water partition coefficient (Wildman–Crippen LogP) is 0.466. The van der Waals surface area contributed by atoms with E-state index < -0.39 is 0 Å². The zero-order valence-electron chi connectivity index (χ0n) is 10.6. The number of hydrogen-bond acceptors (Lipinski definition) is 5. The number of nitrogens with two attached hydrogens (primary N) is 1. The van der Waals surface area contributed by atoms with Crippen LogP contribution in [0.25, 0.3) is 0 Å². The summed E-state index contributed by atoms with van der Waals surface area (Å²) in [4.78, 5) is 13.4. The molecule has 2 rings (SSSR count). The van der Waals surface area contributed by atoms with Gasteiger partial charge in [0.25, 0.3) is 0 Å². The Balaban J connectivity index is 1.95. The van der Waals surface area contributed by atoms with E-state index >= 15 is 0 Å². The van der Waals surface area contributed by atoms with Crippen molar-refractivity contribution in [3.8, 4) is 0 Å². The number of piperazine rings is 1. The van der Waals surface area contributed by atoms with E-state index in [2.05, 4.69) is 33.6 Å². The molecule has 0 bridgehead atoms. The molecule has 1 fully saturated rings. The van der Waals surface area contributed by atoms with Gasteiger partial charge in [0.1, 0.15) is 0 Å². The van der Waals surface area contributed by atoms with Crippen molar-refractivity contribution in [2.24, 2.45) is 5.73 Å². The average Bonchev–Trinajstić information content (AvgIpc) is 2.39. The Morgan fingerprint density at radius 2 is 1.76 bits per heavy atom. The summed E-state index contributed by atoms with van der Waals surface area (Å²) in [5, 5.41) is 0. The fourth-order valence-electron chi connectivity index (χ4n) is 2.05. The minimum atomic E-state index is 0.501. The monoisotopic (exact) mass is 235 g/mol. The minimum Gasteiger partial charge on any atom is -0.338 e.